The van der Waals surface area contributed by atoms with Gasteiger partial charge < -0.3 is 0 Å². The van der Waals surface area contributed by atoms with E-state index in [2.05, 4.69) is 4.98 Å². The Bertz CT molecular complexity index is 972. The van der Waals surface area contributed by atoms with Gasteiger partial charge in [0.15, 0.2) is 5.78 Å². The summed E-state index contributed by atoms with van der Waals surface area (Å²) in [4.78, 5) is 27.0. The summed E-state index contributed by atoms with van der Waals surface area (Å²) in [5.41, 5.74) is 2.65. The first-order valence-corrected chi connectivity index (χ1v) is 7.37. The summed E-state index contributed by atoms with van der Waals surface area (Å²) in [7, 11) is 0. The molecule has 0 radical (unpaired) electrons. The molecule has 0 aliphatic carbocycles. The molecule has 0 spiro atoms. The number of fused-ring (bicyclic) bond motifs is 1. The topological polar surface area (TPSA) is 73.1 Å². The van der Waals surface area contributed by atoms with Gasteiger partial charge in [0.2, 0.25) is 0 Å². The number of hydrogen-bond donors (Lipinski definition) is 0. The Kier molecular flexibility index (Phi) is 4.16. The number of hydrogen-bond acceptors (Lipinski definition) is 4. The summed E-state index contributed by atoms with van der Waals surface area (Å²) in [6, 6.07) is 15.6. The Balaban J connectivity index is 2.18. The third kappa shape index (κ3) is 3.05. The SMILES string of the molecule is CC(=O)C(=Cc1cccc([N+](=O)[O-])c1)c1ccnc2ccccc12. The number of Topliss-reactive ketones (excluding diaryl/α,β-unsaturated/α-hetero) is 1. The van der Waals surface area contributed by atoms with E-state index in [-0.39, 0.29) is 11.5 Å². The molecule has 3 aromatic rings. The maximum Gasteiger partial charge on any atom is 0.270 e. The first-order valence-electron chi connectivity index (χ1n) is 7.37. The van der Waals surface area contributed by atoms with Gasteiger partial charge in [0.05, 0.1) is 10.4 Å². The lowest BCUT2D eigenvalue weighted by atomic mass is 9.96. The zero-order valence-electron chi connectivity index (χ0n) is 13.0. The van der Waals surface area contributed by atoms with Crippen LogP contribution in [0.25, 0.3) is 22.6 Å². The molecule has 0 aliphatic rings. The van der Waals surface area contributed by atoms with Crippen molar-refractivity contribution in [1.82, 2.24) is 4.98 Å². The summed E-state index contributed by atoms with van der Waals surface area (Å²) in [5.74, 6) is -0.113. The molecule has 0 unspecified atom stereocenters. The Morgan fingerprint density at radius 2 is 1.92 bits per heavy atom. The van der Waals surface area contributed by atoms with E-state index >= 15 is 0 Å². The van der Waals surface area contributed by atoms with Crippen molar-refractivity contribution in [3.8, 4) is 0 Å². The second-order valence-corrected chi connectivity index (χ2v) is 5.34. The van der Waals surface area contributed by atoms with Crippen molar-refractivity contribution in [2.24, 2.45) is 0 Å². The molecule has 5 nitrogen and oxygen atoms in total. The summed E-state index contributed by atoms with van der Waals surface area (Å²) < 4.78 is 0. The number of ketones is 1. The number of pyridine rings is 1. The molecule has 0 bridgehead atoms. The molecule has 0 N–H and O–H groups in total. The van der Waals surface area contributed by atoms with Gasteiger partial charge >= 0.3 is 0 Å². The van der Waals surface area contributed by atoms with Gasteiger partial charge in [-0.15, -0.1) is 0 Å². The largest absolute Gasteiger partial charge is 0.294 e. The molecular formula is C19H14N2O3. The molecule has 5 heteroatoms. The highest BCUT2D eigenvalue weighted by Crippen LogP contribution is 2.27. The van der Waals surface area contributed by atoms with Crippen molar-refractivity contribution >= 4 is 34.0 Å². The van der Waals surface area contributed by atoms with Gasteiger partial charge in [-0.2, -0.15) is 0 Å². The predicted octanol–water partition coefficient (Wildman–Crippen LogP) is 4.27. The van der Waals surface area contributed by atoms with Crippen molar-refractivity contribution in [3.63, 3.8) is 0 Å². The van der Waals surface area contributed by atoms with Crippen LogP contribution >= 0.6 is 0 Å². The molecule has 0 saturated carbocycles. The van der Waals surface area contributed by atoms with Crippen molar-refractivity contribution < 1.29 is 9.72 Å². The van der Waals surface area contributed by atoms with Crippen LogP contribution in [0, 0.1) is 10.1 Å². The number of para-hydroxylation sites is 1. The second-order valence-electron chi connectivity index (χ2n) is 5.34. The number of nitro groups is 1. The van der Waals surface area contributed by atoms with E-state index in [1.54, 1.807) is 30.5 Å². The Morgan fingerprint density at radius 1 is 1.12 bits per heavy atom. The van der Waals surface area contributed by atoms with Crippen LogP contribution in [-0.4, -0.2) is 15.7 Å². The molecule has 118 valence electrons. The van der Waals surface area contributed by atoms with Crippen molar-refractivity contribution in [2.45, 2.75) is 6.92 Å². The minimum Gasteiger partial charge on any atom is -0.294 e. The number of benzene rings is 2. The molecule has 0 fully saturated rings. The molecule has 3 rings (SSSR count). The average molecular weight is 318 g/mol. The smallest absolute Gasteiger partial charge is 0.270 e. The van der Waals surface area contributed by atoms with Crippen LogP contribution in [0.2, 0.25) is 0 Å². The van der Waals surface area contributed by atoms with Crippen molar-refractivity contribution in [2.75, 3.05) is 0 Å². The van der Waals surface area contributed by atoms with Gasteiger partial charge in [0.25, 0.3) is 5.69 Å². The van der Waals surface area contributed by atoms with Gasteiger partial charge in [0.1, 0.15) is 0 Å². The molecule has 1 heterocycles. The molecule has 0 amide bonds. The quantitative estimate of drug-likeness (QED) is 0.409. The zero-order valence-corrected chi connectivity index (χ0v) is 13.0. The minimum atomic E-state index is -0.452. The van der Waals surface area contributed by atoms with Crippen molar-refractivity contribution in [1.29, 1.82) is 0 Å². The zero-order chi connectivity index (χ0) is 17.1. The molecular weight excluding hydrogens is 304 g/mol. The lowest BCUT2D eigenvalue weighted by molar-refractivity contribution is -0.384. The number of nitro benzene ring substituents is 1. The highest BCUT2D eigenvalue weighted by Gasteiger charge is 2.12. The monoisotopic (exact) mass is 318 g/mol. The van der Waals surface area contributed by atoms with E-state index in [0.29, 0.717) is 11.1 Å². The lowest BCUT2D eigenvalue weighted by Gasteiger charge is -2.08. The Labute approximate surface area is 138 Å². The molecule has 1 aromatic heterocycles. The number of non-ortho nitro benzene ring substituents is 1. The highest BCUT2D eigenvalue weighted by molar-refractivity contribution is 6.26. The van der Waals surface area contributed by atoms with E-state index in [9.17, 15) is 14.9 Å². The third-order valence-electron chi connectivity index (χ3n) is 3.71. The highest BCUT2D eigenvalue weighted by atomic mass is 16.6. The van der Waals surface area contributed by atoms with Crippen LogP contribution in [0.4, 0.5) is 5.69 Å². The summed E-state index contributed by atoms with van der Waals surface area (Å²) in [5, 5.41) is 11.8. The van der Waals surface area contributed by atoms with Crippen molar-refractivity contribution in [3.05, 3.63) is 82.0 Å². The van der Waals surface area contributed by atoms with Crippen LogP contribution in [0.15, 0.2) is 60.8 Å². The second kappa shape index (κ2) is 6.42. The predicted molar refractivity (Wildman–Crippen MR) is 93.4 cm³/mol. The number of carbonyl (C=O) groups is 1. The fraction of sp³-hybridized carbons (Fsp3) is 0.0526. The van der Waals surface area contributed by atoms with Crippen LogP contribution in [0.3, 0.4) is 0 Å². The van der Waals surface area contributed by atoms with Crippen LogP contribution in [0.5, 0.6) is 0 Å². The summed E-state index contributed by atoms with van der Waals surface area (Å²) in [6.07, 6.45) is 3.33. The molecule has 2 aromatic carbocycles. The number of carbonyl (C=O) groups excluding carboxylic acids is 1. The lowest BCUT2D eigenvalue weighted by Crippen LogP contribution is -1.98. The number of aromatic nitrogens is 1. The van der Waals surface area contributed by atoms with Gasteiger partial charge in [-0.25, -0.2) is 0 Å². The first kappa shape index (κ1) is 15.6. The van der Waals surface area contributed by atoms with E-state index in [1.165, 1.54) is 19.1 Å². The average Bonchev–Trinajstić information content (AvgIpc) is 2.59. The van der Waals surface area contributed by atoms with E-state index < -0.39 is 4.92 Å². The van der Waals surface area contributed by atoms with Gasteiger partial charge in [-0.3, -0.25) is 19.9 Å². The van der Waals surface area contributed by atoms with E-state index in [0.717, 1.165) is 16.5 Å². The normalized spacial score (nSPS) is 11.5. The van der Waals surface area contributed by atoms with Crippen LogP contribution < -0.4 is 0 Å². The number of allylic oxidation sites excluding steroid dienone is 1. The third-order valence-corrected chi connectivity index (χ3v) is 3.71. The minimum absolute atomic E-state index is 0.00811. The summed E-state index contributed by atoms with van der Waals surface area (Å²) in [6.45, 7) is 1.48. The van der Waals surface area contributed by atoms with E-state index in [4.69, 9.17) is 0 Å². The van der Waals surface area contributed by atoms with Gasteiger partial charge in [-0.1, -0.05) is 30.3 Å². The number of rotatable bonds is 4. The fourth-order valence-corrected chi connectivity index (χ4v) is 2.59. The van der Waals surface area contributed by atoms with Crippen LogP contribution in [0.1, 0.15) is 18.1 Å². The molecule has 0 atom stereocenters. The maximum absolute atomic E-state index is 12.2. The molecule has 24 heavy (non-hydrogen) atoms. The van der Waals surface area contributed by atoms with Gasteiger partial charge in [0, 0.05) is 29.3 Å². The van der Waals surface area contributed by atoms with Gasteiger partial charge in [-0.05, 0) is 36.3 Å². The Morgan fingerprint density at radius 3 is 2.67 bits per heavy atom. The van der Waals surface area contributed by atoms with E-state index in [1.807, 2.05) is 24.3 Å². The fourth-order valence-electron chi connectivity index (χ4n) is 2.59. The number of nitrogens with zero attached hydrogens (tertiary/aromatic N) is 2. The first-order chi connectivity index (χ1) is 11.6. The molecule has 0 aliphatic heterocycles. The standard InChI is InChI=1S/C19H14N2O3/c1-13(22)18(12-14-5-4-6-15(11-14)21(23)24)16-9-10-20-19-8-3-2-7-17(16)19/h2-12H,1H3. The maximum atomic E-state index is 12.2. The van der Waals surface area contributed by atoms with Crippen LogP contribution in [-0.2, 0) is 4.79 Å². The Hall–Kier alpha value is -3.34. The summed E-state index contributed by atoms with van der Waals surface area (Å²) >= 11 is 0. The molecule has 0 saturated heterocycles.